The first kappa shape index (κ1) is 16.0. The van der Waals surface area contributed by atoms with Crippen molar-refractivity contribution >= 4 is 11.8 Å². The van der Waals surface area contributed by atoms with Gasteiger partial charge in [-0.05, 0) is 26.3 Å². The Balaban J connectivity index is 0. The number of aliphatic hydroxyl groups is 1. The quantitative estimate of drug-likeness (QED) is 0.565. The number of aliphatic hydroxyl groups excluding tert-OH is 1. The lowest BCUT2D eigenvalue weighted by atomic mass is 10.3. The average molecular weight is 214 g/mol. The molecule has 4 heteroatoms. The van der Waals surface area contributed by atoms with E-state index < -0.39 is 5.97 Å². The number of hydrogen-bond acceptors (Lipinski definition) is 4. The van der Waals surface area contributed by atoms with E-state index in [2.05, 4.69) is 17.9 Å². The minimum Gasteiger partial charge on any atom is -0.460 e. The van der Waals surface area contributed by atoms with Gasteiger partial charge in [-0.3, -0.25) is 4.79 Å². The van der Waals surface area contributed by atoms with Crippen LogP contribution in [-0.2, 0) is 14.3 Å². The summed E-state index contributed by atoms with van der Waals surface area (Å²) in [6, 6.07) is 0. The van der Waals surface area contributed by atoms with E-state index in [9.17, 15) is 9.59 Å². The third-order valence-corrected chi connectivity index (χ3v) is 1.27. The third kappa shape index (κ3) is 12.6. The second-order valence-electron chi connectivity index (χ2n) is 2.98. The molecule has 4 nitrogen and oxygen atoms in total. The molecular formula is C11H18O4. The predicted molar refractivity (Wildman–Crippen MR) is 58.4 cm³/mol. The number of allylic oxidation sites excluding steroid dienone is 1. The van der Waals surface area contributed by atoms with Crippen LogP contribution in [-0.4, -0.2) is 30.1 Å². The standard InChI is InChI=1S/C6H10O3.C5H8O/c1-5(2)6(8)9-4-3-7;1-4(2)5(3)6/h7H,1,3-4H2,2H3;1H2,2-3H3. The maximum atomic E-state index is 10.5. The van der Waals surface area contributed by atoms with E-state index in [4.69, 9.17) is 5.11 Å². The summed E-state index contributed by atoms with van der Waals surface area (Å²) in [5, 5.41) is 8.19. The van der Waals surface area contributed by atoms with Gasteiger partial charge in [-0.1, -0.05) is 13.2 Å². The van der Waals surface area contributed by atoms with Crippen molar-refractivity contribution < 1.29 is 19.4 Å². The van der Waals surface area contributed by atoms with Gasteiger partial charge in [-0.15, -0.1) is 0 Å². The van der Waals surface area contributed by atoms with Crippen molar-refractivity contribution in [2.24, 2.45) is 0 Å². The van der Waals surface area contributed by atoms with Gasteiger partial charge in [0.05, 0.1) is 6.61 Å². The molecule has 0 aliphatic heterocycles. The molecule has 0 bridgehead atoms. The van der Waals surface area contributed by atoms with Crippen LogP contribution in [0.1, 0.15) is 20.8 Å². The van der Waals surface area contributed by atoms with Crippen LogP contribution in [0.5, 0.6) is 0 Å². The normalized spacial score (nSPS) is 8.27. The van der Waals surface area contributed by atoms with E-state index in [-0.39, 0.29) is 19.0 Å². The molecule has 0 radical (unpaired) electrons. The van der Waals surface area contributed by atoms with Gasteiger partial charge in [0.1, 0.15) is 6.61 Å². The number of rotatable bonds is 4. The molecule has 0 aliphatic carbocycles. The second-order valence-corrected chi connectivity index (χ2v) is 2.98. The Morgan fingerprint density at radius 1 is 1.13 bits per heavy atom. The molecule has 0 heterocycles. The second kappa shape index (κ2) is 9.15. The summed E-state index contributed by atoms with van der Waals surface area (Å²) in [4.78, 5) is 20.5. The fourth-order valence-corrected chi connectivity index (χ4v) is 0.262. The molecule has 0 aromatic carbocycles. The van der Waals surface area contributed by atoms with Gasteiger partial charge in [-0.25, -0.2) is 4.79 Å². The van der Waals surface area contributed by atoms with E-state index >= 15 is 0 Å². The van der Waals surface area contributed by atoms with Gasteiger partial charge in [-0.2, -0.15) is 0 Å². The van der Waals surface area contributed by atoms with Crippen molar-refractivity contribution in [3.63, 3.8) is 0 Å². The van der Waals surface area contributed by atoms with Crippen LogP contribution in [0.3, 0.4) is 0 Å². The molecule has 0 saturated heterocycles. The Labute approximate surface area is 90.2 Å². The Hall–Kier alpha value is -1.42. The lowest BCUT2D eigenvalue weighted by molar-refractivity contribution is -0.139. The zero-order valence-electron chi connectivity index (χ0n) is 9.50. The monoisotopic (exact) mass is 214 g/mol. The van der Waals surface area contributed by atoms with Crippen LogP contribution in [0.15, 0.2) is 24.3 Å². The molecular weight excluding hydrogens is 196 g/mol. The molecule has 15 heavy (non-hydrogen) atoms. The van der Waals surface area contributed by atoms with Crippen LogP contribution in [0, 0.1) is 0 Å². The fourth-order valence-electron chi connectivity index (χ4n) is 0.262. The summed E-state index contributed by atoms with van der Waals surface area (Å²) < 4.78 is 4.46. The van der Waals surface area contributed by atoms with E-state index in [1.54, 1.807) is 13.8 Å². The topological polar surface area (TPSA) is 63.6 Å². The van der Waals surface area contributed by atoms with Crippen molar-refractivity contribution in [1.82, 2.24) is 0 Å². The van der Waals surface area contributed by atoms with Crippen LogP contribution < -0.4 is 0 Å². The maximum absolute atomic E-state index is 10.5. The van der Waals surface area contributed by atoms with Gasteiger partial charge in [0.2, 0.25) is 0 Å². The van der Waals surface area contributed by atoms with Crippen LogP contribution in [0.4, 0.5) is 0 Å². The molecule has 0 amide bonds. The lowest BCUT2D eigenvalue weighted by Crippen LogP contribution is -2.08. The Morgan fingerprint density at radius 2 is 1.53 bits per heavy atom. The van der Waals surface area contributed by atoms with Crippen LogP contribution >= 0.6 is 0 Å². The highest BCUT2D eigenvalue weighted by Crippen LogP contribution is 1.89. The Kier molecular flexibility index (Phi) is 9.77. The number of hydrogen-bond donors (Lipinski definition) is 1. The van der Waals surface area contributed by atoms with E-state index in [0.717, 1.165) is 0 Å². The fraction of sp³-hybridized carbons (Fsp3) is 0.455. The zero-order valence-corrected chi connectivity index (χ0v) is 9.50. The Bertz CT molecular complexity index is 241. The number of esters is 1. The van der Waals surface area contributed by atoms with E-state index in [0.29, 0.717) is 11.1 Å². The van der Waals surface area contributed by atoms with Crippen LogP contribution in [0.25, 0.3) is 0 Å². The molecule has 0 rings (SSSR count). The van der Waals surface area contributed by atoms with E-state index in [1.807, 2.05) is 0 Å². The van der Waals surface area contributed by atoms with Gasteiger partial charge >= 0.3 is 5.97 Å². The maximum Gasteiger partial charge on any atom is 0.333 e. The minimum absolute atomic E-state index is 0.0473. The molecule has 1 N–H and O–H groups in total. The highest BCUT2D eigenvalue weighted by molar-refractivity contribution is 5.91. The smallest absolute Gasteiger partial charge is 0.333 e. The summed E-state index contributed by atoms with van der Waals surface area (Å²) in [6.07, 6.45) is 0. The Morgan fingerprint density at radius 3 is 1.73 bits per heavy atom. The van der Waals surface area contributed by atoms with Crippen molar-refractivity contribution in [3.05, 3.63) is 24.3 Å². The minimum atomic E-state index is -0.455. The van der Waals surface area contributed by atoms with E-state index in [1.165, 1.54) is 6.92 Å². The summed E-state index contributed by atoms with van der Waals surface area (Å²) in [7, 11) is 0. The summed E-state index contributed by atoms with van der Waals surface area (Å²) >= 11 is 0. The van der Waals surface area contributed by atoms with Gasteiger partial charge in [0.15, 0.2) is 5.78 Å². The largest absolute Gasteiger partial charge is 0.460 e. The summed E-state index contributed by atoms with van der Waals surface area (Å²) in [5.74, 6) is -0.390. The highest BCUT2D eigenvalue weighted by atomic mass is 16.5. The number of ether oxygens (including phenoxy) is 1. The molecule has 86 valence electrons. The molecule has 0 aliphatic rings. The molecule has 0 unspecified atom stereocenters. The first-order valence-corrected chi connectivity index (χ1v) is 4.42. The van der Waals surface area contributed by atoms with Crippen LogP contribution in [0.2, 0.25) is 0 Å². The third-order valence-electron chi connectivity index (χ3n) is 1.27. The van der Waals surface area contributed by atoms with Crippen molar-refractivity contribution in [3.8, 4) is 0 Å². The number of ketones is 1. The zero-order chi connectivity index (χ0) is 12.4. The van der Waals surface area contributed by atoms with Gasteiger partial charge in [0, 0.05) is 5.57 Å². The molecule has 0 fully saturated rings. The SMILES string of the molecule is C=C(C)C(=O)OCCO.C=C(C)C(C)=O. The lowest BCUT2D eigenvalue weighted by Gasteiger charge is -1.99. The average Bonchev–Trinajstić information content (AvgIpc) is 2.14. The molecule has 0 aromatic rings. The van der Waals surface area contributed by atoms with Gasteiger partial charge < -0.3 is 9.84 Å². The highest BCUT2D eigenvalue weighted by Gasteiger charge is 1.99. The number of carbonyl (C=O) groups excluding carboxylic acids is 2. The molecule has 0 saturated carbocycles. The van der Waals surface area contributed by atoms with Gasteiger partial charge in [0.25, 0.3) is 0 Å². The molecule has 0 atom stereocenters. The van der Waals surface area contributed by atoms with Crippen molar-refractivity contribution in [1.29, 1.82) is 0 Å². The summed E-state index contributed by atoms with van der Waals surface area (Å²) in [5.41, 5.74) is 0.971. The van der Waals surface area contributed by atoms with Crippen molar-refractivity contribution in [2.45, 2.75) is 20.8 Å². The molecule has 0 spiro atoms. The predicted octanol–water partition coefficient (Wildman–Crippen LogP) is 1.25. The number of Topliss-reactive ketones (excluding diaryl/α,β-unsaturated/α-hetero) is 1. The number of carbonyl (C=O) groups is 2. The van der Waals surface area contributed by atoms with Crippen molar-refractivity contribution in [2.75, 3.05) is 13.2 Å². The first-order valence-electron chi connectivity index (χ1n) is 4.42. The summed E-state index contributed by atoms with van der Waals surface area (Å²) in [6.45, 7) is 11.4. The first-order chi connectivity index (χ1) is 6.82. The molecule has 0 aromatic heterocycles.